The first kappa shape index (κ1) is 27.9. The number of unbranched alkanes of at least 4 members (excludes halogenated alkanes) is 5. The molecule has 172 valence electrons. The van der Waals surface area contributed by atoms with Gasteiger partial charge in [-0.2, -0.15) is 0 Å². The summed E-state index contributed by atoms with van der Waals surface area (Å²) >= 11 is 0. The number of carbonyl (C=O) groups is 3. The summed E-state index contributed by atoms with van der Waals surface area (Å²) in [5, 5.41) is 18.6. The first-order valence-corrected chi connectivity index (χ1v) is 11.1. The van der Waals surface area contributed by atoms with Gasteiger partial charge in [-0.25, -0.2) is 9.59 Å². The van der Waals surface area contributed by atoms with Gasteiger partial charge in [0, 0.05) is 11.1 Å². The zero-order chi connectivity index (χ0) is 23.1. The number of carboxylic acids is 2. The highest BCUT2D eigenvalue weighted by Crippen LogP contribution is 2.25. The zero-order valence-corrected chi connectivity index (χ0v) is 19.1. The van der Waals surface area contributed by atoms with E-state index >= 15 is 0 Å². The van der Waals surface area contributed by atoms with Crippen LogP contribution in [0.25, 0.3) is 0 Å². The molecule has 0 amide bonds. The first-order chi connectivity index (χ1) is 14.1. The molecule has 6 heteroatoms. The van der Waals surface area contributed by atoms with E-state index in [1.165, 1.54) is 0 Å². The van der Waals surface area contributed by atoms with Crippen LogP contribution in [0.4, 0.5) is 0 Å². The minimum atomic E-state index is -1.35. The van der Waals surface area contributed by atoms with Gasteiger partial charge in [0.1, 0.15) is 0 Å². The van der Waals surface area contributed by atoms with Gasteiger partial charge in [0.15, 0.2) is 0 Å². The van der Waals surface area contributed by atoms with Crippen LogP contribution in [-0.2, 0) is 19.1 Å². The van der Waals surface area contributed by atoms with Crippen LogP contribution < -0.4 is 0 Å². The predicted molar refractivity (Wildman–Crippen MR) is 118 cm³/mol. The number of allylic oxidation sites excluding steroid dienone is 1. The Kier molecular flexibility index (Phi) is 14.6. The Hall–Kier alpha value is -2.11. The van der Waals surface area contributed by atoms with Gasteiger partial charge in [-0.3, -0.25) is 4.79 Å². The molecule has 0 aromatic rings. The minimum absolute atomic E-state index is 0.335. The fraction of sp³-hybridized carbons (Fsp3) is 0.708. The molecule has 0 aliphatic carbocycles. The number of rotatable bonds is 17. The molecule has 0 spiro atoms. The van der Waals surface area contributed by atoms with Gasteiger partial charge < -0.3 is 14.9 Å². The van der Waals surface area contributed by atoms with Crippen LogP contribution in [0.15, 0.2) is 23.8 Å². The average Bonchev–Trinajstić information content (AvgIpc) is 2.66. The number of carbonyl (C=O) groups excluding carboxylic acids is 1. The molecule has 0 saturated carbocycles. The molecule has 0 aromatic carbocycles. The van der Waals surface area contributed by atoms with E-state index in [9.17, 15) is 19.5 Å². The SMILES string of the molecule is C=C(C(=O)O)C(C(=O)O)C(C)C=C(CCCCCC)C(=O)OCCCCCC(C)C. The van der Waals surface area contributed by atoms with E-state index < -0.39 is 35.3 Å². The number of esters is 1. The Bertz CT molecular complexity index is 591. The lowest BCUT2D eigenvalue weighted by Gasteiger charge is -2.19. The third kappa shape index (κ3) is 11.8. The van der Waals surface area contributed by atoms with Crippen molar-refractivity contribution in [2.75, 3.05) is 6.61 Å². The van der Waals surface area contributed by atoms with Crippen LogP contribution in [0, 0.1) is 17.8 Å². The van der Waals surface area contributed by atoms with Gasteiger partial charge in [0.2, 0.25) is 0 Å². The van der Waals surface area contributed by atoms with Crippen molar-refractivity contribution < 1.29 is 29.3 Å². The zero-order valence-electron chi connectivity index (χ0n) is 19.1. The van der Waals surface area contributed by atoms with Crippen molar-refractivity contribution in [3.05, 3.63) is 23.8 Å². The Morgan fingerprint density at radius 2 is 1.60 bits per heavy atom. The lowest BCUT2D eigenvalue weighted by Crippen LogP contribution is -2.26. The summed E-state index contributed by atoms with van der Waals surface area (Å²) in [5.74, 6) is -4.38. The van der Waals surface area contributed by atoms with Gasteiger partial charge in [0.05, 0.1) is 12.5 Å². The van der Waals surface area contributed by atoms with Gasteiger partial charge in [0.25, 0.3) is 0 Å². The number of hydrogen-bond acceptors (Lipinski definition) is 4. The van der Waals surface area contributed by atoms with Crippen molar-refractivity contribution in [2.45, 2.75) is 85.5 Å². The molecule has 6 nitrogen and oxygen atoms in total. The maximum Gasteiger partial charge on any atom is 0.333 e. The van der Waals surface area contributed by atoms with E-state index in [0.29, 0.717) is 24.5 Å². The fourth-order valence-corrected chi connectivity index (χ4v) is 3.32. The summed E-state index contributed by atoms with van der Waals surface area (Å²) in [7, 11) is 0. The van der Waals surface area contributed by atoms with Crippen molar-refractivity contribution in [3.63, 3.8) is 0 Å². The lowest BCUT2D eigenvalue weighted by molar-refractivity contribution is -0.145. The third-order valence-electron chi connectivity index (χ3n) is 5.13. The van der Waals surface area contributed by atoms with E-state index in [1.807, 2.05) is 0 Å². The predicted octanol–water partition coefficient (Wildman–Crippen LogP) is 5.62. The summed E-state index contributed by atoms with van der Waals surface area (Å²) in [6, 6.07) is 0. The van der Waals surface area contributed by atoms with Crippen LogP contribution in [0.3, 0.4) is 0 Å². The molecule has 2 atom stereocenters. The van der Waals surface area contributed by atoms with Crippen LogP contribution in [0.2, 0.25) is 0 Å². The van der Waals surface area contributed by atoms with Crippen molar-refractivity contribution in [1.29, 1.82) is 0 Å². The largest absolute Gasteiger partial charge is 0.481 e. The Morgan fingerprint density at radius 1 is 0.967 bits per heavy atom. The molecule has 0 rings (SSSR count). The van der Waals surface area contributed by atoms with E-state index in [-0.39, 0.29) is 0 Å². The molecular formula is C24H40O6. The monoisotopic (exact) mass is 424 g/mol. The molecule has 2 N–H and O–H groups in total. The standard InChI is InChI=1S/C24H40O6/c1-6-7-8-11-14-20(24(29)30-15-12-9-10-13-17(2)3)16-18(4)21(23(27)28)19(5)22(25)26/h16-18,21H,5-15H2,1-4H3,(H,25,26)(H,27,28). The highest BCUT2D eigenvalue weighted by atomic mass is 16.5. The van der Waals surface area contributed by atoms with E-state index in [2.05, 4.69) is 27.4 Å². The Morgan fingerprint density at radius 3 is 2.13 bits per heavy atom. The third-order valence-corrected chi connectivity index (χ3v) is 5.13. The second-order valence-electron chi connectivity index (χ2n) is 8.39. The molecule has 0 radical (unpaired) electrons. The molecule has 0 heterocycles. The van der Waals surface area contributed by atoms with Crippen LogP contribution >= 0.6 is 0 Å². The maximum absolute atomic E-state index is 12.6. The Labute approximate surface area is 181 Å². The van der Waals surface area contributed by atoms with Crippen LogP contribution in [-0.4, -0.2) is 34.7 Å². The normalized spacial score (nSPS) is 13.7. The fourth-order valence-electron chi connectivity index (χ4n) is 3.32. The van der Waals surface area contributed by atoms with Gasteiger partial charge in [-0.15, -0.1) is 0 Å². The number of hydrogen-bond donors (Lipinski definition) is 2. The molecule has 0 aromatic heterocycles. The summed E-state index contributed by atoms with van der Waals surface area (Å²) in [5.41, 5.74) is 0.0281. The highest BCUT2D eigenvalue weighted by Gasteiger charge is 2.31. The van der Waals surface area contributed by atoms with E-state index in [0.717, 1.165) is 51.4 Å². The summed E-state index contributed by atoms with van der Waals surface area (Å²) in [6.45, 7) is 11.8. The first-order valence-electron chi connectivity index (χ1n) is 11.1. The quantitative estimate of drug-likeness (QED) is 0.178. The highest BCUT2D eigenvalue weighted by molar-refractivity contribution is 5.94. The lowest BCUT2D eigenvalue weighted by atomic mass is 9.85. The summed E-state index contributed by atoms with van der Waals surface area (Å²) in [6.07, 6.45) is 9.98. The second kappa shape index (κ2) is 15.7. The summed E-state index contributed by atoms with van der Waals surface area (Å²) in [4.78, 5) is 35.4. The number of ether oxygens (including phenoxy) is 1. The maximum atomic E-state index is 12.6. The van der Waals surface area contributed by atoms with E-state index in [4.69, 9.17) is 9.84 Å². The molecule has 0 aliphatic rings. The summed E-state index contributed by atoms with van der Waals surface area (Å²) < 4.78 is 5.42. The Balaban J connectivity index is 5.10. The van der Waals surface area contributed by atoms with Crippen molar-refractivity contribution in [1.82, 2.24) is 0 Å². The molecule has 0 aliphatic heterocycles. The van der Waals surface area contributed by atoms with Crippen molar-refractivity contribution in [3.8, 4) is 0 Å². The van der Waals surface area contributed by atoms with E-state index in [1.54, 1.807) is 13.0 Å². The smallest absolute Gasteiger partial charge is 0.333 e. The average molecular weight is 425 g/mol. The number of carboxylic acid groups (broad SMARTS) is 2. The van der Waals surface area contributed by atoms with Gasteiger partial charge in [-0.05, 0) is 31.1 Å². The minimum Gasteiger partial charge on any atom is -0.481 e. The molecule has 2 unspecified atom stereocenters. The molecule has 0 saturated heterocycles. The van der Waals surface area contributed by atoms with Gasteiger partial charge in [-0.1, -0.05) is 78.9 Å². The van der Waals surface area contributed by atoms with Crippen molar-refractivity contribution >= 4 is 17.9 Å². The van der Waals surface area contributed by atoms with Crippen LogP contribution in [0.1, 0.15) is 85.5 Å². The second-order valence-corrected chi connectivity index (χ2v) is 8.39. The number of aliphatic carboxylic acids is 2. The molecule has 0 fully saturated rings. The van der Waals surface area contributed by atoms with Crippen LogP contribution in [0.5, 0.6) is 0 Å². The molecular weight excluding hydrogens is 384 g/mol. The molecule has 0 bridgehead atoms. The van der Waals surface area contributed by atoms with Crippen molar-refractivity contribution in [2.24, 2.45) is 17.8 Å². The molecule has 30 heavy (non-hydrogen) atoms. The topological polar surface area (TPSA) is 101 Å². The van der Waals surface area contributed by atoms with Gasteiger partial charge >= 0.3 is 17.9 Å².